The number of ether oxygens (including phenoxy) is 1. The van der Waals surface area contributed by atoms with Crippen molar-refractivity contribution in [2.24, 2.45) is 7.05 Å². The maximum Gasteiger partial charge on any atom is 0.223 e. The highest BCUT2D eigenvalue weighted by atomic mass is 16.5. The second-order valence-electron chi connectivity index (χ2n) is 5.56. The number of amides is 1. The molecule has 3 rings (SSSR count). The molecule has 0 aliphatic carbocycles. The van der Waals surface area contributed by atoms with Crippen LogP contribution in [-0.4, -0.2) is 58.1 Å². The van der Waals surface area contributed by atoms with Crippen LogP contribution in [-0.2, 0) is 23.0 Å². The Kier molecular flexibility index (Phi) is 4.29. The second kappa shape index (κ2) is 6.37. The van der Waals surface area contributed by atoms with Gasteiger partial charge in [0.2, 0.25) is 5.91 Å². The van der Waals surface area contributed by atoms with Gasteiger partial charge < -0.3 is 19.3 Å². The molecule has 1 aliphatic heterocycles. The number of phenols is 1. The van der Waals surface area contributed by atoms with Gasteiger partial charge in [-0.3, -0.25) is 9.59 Å². The standard InChI is InChI=1S/C16H19N3O4/c1-18-14(4-5-15(22)19-6-8-23-9-7-19)17-12-2-3-13(21)11(10-20)16(12)18/h2-3,10,21H,4-9H2,1H3. The molecule has 1 fully saturated rings. The number of phenolic OH excluding ortho intramolecular Hbond substituents is 1. The Morgan fingerprint density at radius 2 is 2.13 bits per heavy atom. The molecule has 0 bridgehead atoms. The van der Waals surface area contributed by atoms with Crippen LogP contribution >= 0.6 is 0 Å². The molecule has 1 aromatic carbocycles. The lowest BCUT2D eigenvalue weighted by Gasteiger charge is -2.26. The Hall–Kier alpha value is -2.41. The van der Waals surface area contributed by atoms with Crippen LogP contribution in [0.1, 0.15) is 22.6 Å². The van der Waals surface area contributed by atoms with E-state index in [4.69, 9.17) is 4.74 Å². The van der Waals surface area contributed by atoms with E-state index in [2.05, 4.69) is 4.98 Å². The number of morpholine rings is 1. The normalized spacial score (nSPS) is 15.1. The molecule has 0 saturated carbocycles. The van der Waals surface area contributed by atoms with Crippen LogP contribution in [0.15, 0.2) is 12.1 Å². The van der Waals surface area contributed by atoms with Crippen LogP contribution in [0.25, 0.3) is 11.0 Å². The van der Waals surface area contributed by atoms with Crippen LogP contribution in [0, 0.1) is 0 Å². The minimum Gasteiger partial charge on any atom is -0.507 e. The fraction of sp³-hybridized carbons (Fsp3) is 0.438. The number of carbonyl (C=O) groups is 2. The van der Waals surface area contributed by atoms with Crippen LogP contribution in [0.2, 0.25) is 0 Å². The second-order valence-corrected chi connectivity index (χ2v) is 5.56. The van der Waals surface area contributed by atoms with E-state index < -0.39 is 0 Å². The molecular weight excluding hydrogens is 298 g/mol. The van der Waals surface area contributed by atoms with E-state index in [0.717, 1.165) is 5.82 Å². The van der Waals surface area contributed by atoms with Gasteiger partial charge in [0.05, 0.1) is 29.8 Å². The number of fused-ring (bicyclic) bond motifs is 1. The number of hydrogen-bond acceptors (Lipinski definition) is 5. The molecule has 7 heteroatoms. The first-order valence-corrected chi connectivity index (χ1v) is 7.59. The third kappa shape index (κ3) is 2.92. The van der Waals surface area contributed by atoms with Gasteiger partial charge in [-0.15, -0.1) is 0 Å². The summed E-state index contributed by atoms with van der Waals surface area (Å²) < 4.78 is 7.01. The molecule has 2 aromatic rings. The zero-order valence-corrected chi connectivity index (χ0v) is 13.0. The van der Waals surface area contributed by atoms with Gasteiger partial charge in [0.1, 0.15) is 11.6 Å². The van der Waals surface area contributed by atoms with Crippen LogP contribution in [0.4, 0.5) is 0 Å². The average Bonchev–Trinajstić information content (AvgIpc) is 2.90. The lowest BCUT2D eigenvalue weighted by atomic mass is 10.2. The minimum absolute atomic E-state index is 0.0635. The molecule has 1 aromatic heterocycles. The molecule has 0 atom stereocenters. The number of rotatable bonds is 4. The Morgan fingerprint density at radius 1 is 1.39 bits per heavy atom. The van der Waals surface area contributed by atoms with Crippen LogP contribution in [0.5, 0.6) is 5.75 Å². The topological polar surface area (TPSA) is 84.7 Å². The predicted molar refractivity (Wildman–Crippen MR) is 83.5 cm³/mol. The van der Waals surface area contributed by atoms with E-state index in [9.17, 15) is 14.7 Å². The summed E-state index contributed by atoms with van der Waals surface area (Å²) in [6.45, 7) is 2.43. The van der Waals surface area contributed by atoms with Crippen molar-refractivity contribution in [3.8, 4) is 5.75 Å². The SMILES string of the molecule is Cn1c(CCC(=O)N2CCOCC2)nc2ccc(O)c(C=O)c21. The first-order valence-electron chi connectivity index (χ1n) is 7.59. The highest BCUT2D eigenvalue weighted by Gasteiger charge is 2.19. The summed E-state index contributed by atoms with van der Waals surface area (Å²) in [6.07, 6.45) is 1.47. The predicted octanol–water partition coefficient (Wildman–Crippen LogP) is 0.883. The van der Waals surface area contributed by atoms with Gasteiger partial charge in [-0.25, -0.2) is 4.98 Å². The molecule has 1 saturated heterocycles. The van der Waals surface area contributed by atoms with E-state index >= 15 is 0 Å². The van der Waals surface area contributed by atoms with Crippen LogP contribution in [0.3, 0.4) is 0 Å². The molecule has 1 N–H and O–H groups in total. The number of nitrogens with zero attached hydrogens (tertiary/aromatic N) is 3. The van der Waals surface area contributed by atoms with Gasteiger partial charge in [0.15, 0.2) is 6.29 Å². The molecule has 0 spiro atoms. The number of benzene rings is 1. The number of aldehydes is 1. The van der Waals surface area contributed by atoms with Crippen molar-refractivity contribution < 1.29 is 19.4 Å². The van der Waals surface area contributed by atoms with Crippen LogP contribution < -0.4 is 0 Å². The number of aromatic hydroxyl groups is 1. The third-order valence-corrected chi connectivity index (χ3v) is 4.19. The molecule has 2 heterocycles. The number of imidazole rings is 1. The van der Waals surface area contributed by atoms with Gasteiger partial charge in [-0.2, -0.15) is 0 Å². The van der Waals surface area contributed by atoms with Crippen molar-refractivity contribution in [3.63, 3.8) is 0 Å². The molecule has 1 aliphatic rings. The quantitative estimate of drug-likeness (QED) is 0.846. The number of carbonyl (C=O) groups excluding carboxylic acids is 2. The van der Waals surface area contributed by atoms with Gasteiger partial charge in [0, 0.05) is 33.0 Å². The summed E-state index contributed by atoms with van der Waals surface area (Å²) in [5, 5.41) is 9.79. The minimum atomic E-state index is -0.0635. The van der Waals surface area contributed by atoms with Crippen molar-refractivity contribution in [2.75, 3.05) is 26.3 Å². The molecule has 7 nitrogen and oxygen atoms in total. The number of aryl methyl sites for hydroxylation is 2. The fourth-order valence-corrected chi connectivity index (χ4v) is 2.90. The highest BCUT2D eigenvalue weighted by Crippen LogP contribution is 2.26. The molecule has 0 unspecified atom stereocenters. The average molecular weight is 317 g/mol. The Balaban J connectivity index is 1.79. The Bertz CT molecular complexity index is 747. The van der Waals surface area contributed by atoms with Crippen molar-refractivity contribution in [2.45, 2.75) is 12.8 Å². The summed E-state index contributed by atoms with van der Waals surface area (Å²) in [7, 11) is 1.79. The lowest BCUT2D eigenvalue weighted by Crippen LogP contribution is -2.40. The lowest BCUT2D eigenvalue weighted by molar-refractivity contribution is -0.135. The van der Waals surface area contributed by atoms with Gasteiger partial charge in [0.25, 0.3) is 0 Å². The number of aromatic nitrogens is 2. The van der Waals surface area contributed by atoms with Gasteiger partial charge in [-0.1, -0.05) is 0 Å². The van der Waals surface area contributed by atoms with E-state index in [0.29, 0.717) is 56.5 Å². The first-order chi connectivity index (χ1) is 11.1. The molecule has 1 amide bonds. The molecule has 122 valence electrons. The summed E-state index contributed by atoms with van der Waals surface area (Å²) in [5.74, 6) is 0.737. The first kappa shape index (κ1) is 15.5. The van der Waals surface area contributed by atoms with E-state index in [1.165, 1.54) is 6.07 Å². The summed E-state index contributed by atoms with van der Waals surface area (Å²) in [4.78, 5) is 29.7. The van der Waals surface area contributed by atoms with Crippen molar-refractivity contribution in [1.29, 1.82) is 0 Å². The van der Waals surface area contributed by atoms with Crippen molar-refractivity contribution in [1.82, 2.24) is 14.5 Å². The summed E-state index contributed by atoms with van der Waals surface area (Å²) in [5.41, 5.74) is 1.46. The largest absolute Gasteiger partial charge is 0.507 e. The van der Waals surface area contributed by atoms with Gasteiger partial charge in [-0.05, 0) is 12.1 Å². The highest BCUT2D eigenvalue weighted by molar-refractivity contribution is 5.97. The summed E-state index contributed by atoms with van der Waals surface area (Å²) in [6, 6.07) is 3.13. The maximum absolute atomic E-state index is 12.2. The molecule has 0 radical (unpaired) electrons. The van der Waals surface area contributed by atoms with Gasteiger partial charge >= 0.3 is 0 Å². The monoisotopic (exact) mass is 317 g/mol. The zero-order valence-electron chi connectivity index (χ0n) is 13.0. The van der Waals surface area contributed by atoms with E-state index in [1.807, 2.05) is 0 Å². The van der Waals surface area contributed by atoms with E-state index in [1.54, 1.807) is 22.6 Å². The summed E-state index contributed by atoms with van der Waals surface area (Å²) >= 11 is 0. The van der Waals surface area contributed by atoms with E-state index in [-0.39, 0.29) is 17.2 Å². The van der Waals surface area contributed by atoms with Crippen molar-refractivity contribution >= 4 is 23.2 Å². The van der Waals surface area contributed by atoms with Crippen molar-refractivity contribution in [3.05, 3.63) is 23.5 Å². The Morgan fingerprint density at radius 3 is 2.83 bits per heavy atom. The fourth-order valence-electron chi connectivity index (χ4n) is 2.90. The number of hydrogen-bond donors (Lipinski definition) is 1. The zero-order chi connectivity index (χ0) is 16.4. The smallest absolute Gasteiger partial charge is 0.223 e. The molecule has 23 heavy (non-hydrogen) atoms. The third-order valence-electron chi connectivity index (χ3n) is 4.19. The maximum atomic E-state index is 12.2. The molecular formula is C16H19N3O4. The Labute approximate surface area is 133 Å².